The van der Waals surface area contributed by atoms with Gasteiger partial charge in [-0.05, 0) is 45.4 Å². The van der Waals surface area contributed by atoms with E-state index in [1.54, 1.807) is 0 Å². The molecule has 108 valence electrons. The third kappa shape index (κ3) is 5.00. The van der Waals surface area contributed by atoms with Crippen molar-refractivity contribution in [2.45, 2.75) is 47.2 Å². The van der Waals surface area contributed by atoms with Crippen molar-refractivity contribution in [3.05, 3.63) is 22.8 Å². The van der Waals surface area contributed by atoms with Gasteiger partial charge >= 0.3 is 0 Å². The minimum absolute atomic E-state index is 0.440. The largest absolute Gasteiger partial charge is 0.354 e. The Balaban J connectivity index is 2.81. The fourth-order valence-corrected chi connectivity index (χ4v) is 2.20. The first-order valence-electron chi connectivity index (χ1n) is 7.08. The summed E-state index contributed by atoms with van der Waals surface area (Å²) in [6, 6.07) is 4.38. The third-order valence-corrected chi connectivity index (χ3v) is 3.35. The first kappa shape index (κ1) is 16.3. The molecular weight excluding hydrogens is 258 g/mol. The van der Waals surface area contributed by atoms with E-state index in [2.05, 4.69) is 44.8 Å². The summed E-state index contributed by atoms with van der Waals surface area (Å²) >= 11 is 6.22. The number of aromatic nitrogens is 1. The summed E-state index contributed by atoms with van der Waals surface area (Å²) in [5.74, 6) is 1.63. The normalized spacial score (nSPS) is 11.4. The van der Waals surface area contributed by atoms with Gasteiger partial charge in [0.1, 0.15) is 5.82 Å². The first-order valence-corrected chi connectivity index (χ1v) is 7.46. The molecule has 1 N–H and O–H groups in total. The van der Waals surface area contributed by atoms with Crippen molar-refractivity contribution < 1.29 is 0 Å². The number of anilines is 1. The second kappa shape index (κ2) is 7.71. The van der Waals surface area contributed by atoms with E-state index in [1.165, 1.54) is 0 Å². The number of hydrogen-bond donors (Lipinski definition) is 1. The molecule has 1 heterocycles. The van der Waals surface area contributed by atoms with Gasteiger partial charge in [0.2, 0.25) is 0 Å². The summed E-state index contributed by atoms with van der Waals surface area (Å²) in [6.45, 7) is 13.5. The van der Waals surface area contributed by atoms with E-state index >= 15 is 0 Å². The second-order valence-electron chi connectivity index (χ2n) is 5.50. The van der Waals surface area contributed by atoms with E-state index < -0.39 is 0 Å². The molecule has 1 aromatic heterocycles. The molecule has 0 aliphatic carbocycles. The SMILES string of the molecule is CCN(c1ccc(Cl)c(CNCC(C)C)n1)C(C)C. The first-order chi connectivity index (χ1) is 8.95. The smallest absolute Gasteiger partial charge is 0.129 e. The molecule has 0 atom stereocenters. The van der Waals surface area contributed by atoms with Crippen LogP contribution in [0.2, 0.25) is 5.02 Å². The minimum Gasteiger partial charge on any atom is -0.354 e. The molecule has 0 unspecified atom stereocenters. The second-order valence-corrected chi connectivity index (χ2v) is 5.91. The molecule has 0 saturated heterocycles. The van der Waals surface area contributed by atoms with E-state index in [1.807, 2.05) is 12.1 Å². The van der Waals surface area contributed by atoms with Crippen LogP contribution in [0.1, 0.15) is 40.3 Å². The Morgan fingerprint density at radius 2 is 1.95 bits per heavy atom. The molecule has 0 fully saturated rings. The lowest BCUT2D eigenvalue weighted by Gasteiger charge is -2.26. The van der Waals surface area contributed by atoms with Crippen LogP contribution in [-0.2, 0) is 6.54 Å². The Kier molecular flexibility index (Phi) is 6.59. The molecule has 19 heavy (non-hydrogen) atoms. The molecular formula is C15H26ClN3. The van der Waals surface area contributed by atoms with Crippen LogP contribution in [0.5, 0.6) is 0 Å². The summed E-state index contributed by atoms with van der Waals surface area (Å²) in [4.78, 5) is 6.96. The molecule has 0 spiro atoms. The van der Waals surface area contributed by atoms with Crippen molar-refractivity contribution in [2.24, 2.45) is 5.92 Å². The number of rotatable bonds is 7. The van der Waals surface area contributed by atoms with Crippen LogP contribution in [0.15, 0.2) is 12.1 Å². The molecule has 1 rings (SSSR count). The lowest BCUT2D eigenvalue weighted by atomic mass is 10.2. The lowest BCUT2D eigenvalue weighted by molar-refractivity contribution is 0.548. The van der Waals surface area contributed by atoms with Crippen molar-refractivity contribution in [1.82, 2.24) is 10.3 Å². The van der Waals surface area contributed by atoms with Gasteiger partial charge < -0.3 is 10.2 Å². The van der Waals surface area contributed by atoms with Crippen molar-refractivity contribution in [1.29, 1.82) is 0 Å². The molecule has 0 bridgehead atoms. The average Bonchev–Trinajstić information content (AvgIpc) is 2.32. The highest BCUT2D eigenvalue weighted by molar-refractivity contribution is 6.31. The Labute approximate surface area is 122 Å². The molecule has 0 aromatic carbocycles. The summed E-state index contributed by atoms with van der Waals surface area (Å²) in [7, 11) is 0. The Hall–Kier alpha value is -0.800. The molecule has 0 saturated carbocycles. The topological polar surface area (TPSA) is 28.2 Å². The summed E-state index contributed by atoms with van der Waals surface area (Å²) < 4.78 is 0. The zero-order valence-corrected chi connectivity index (χ0v) is 13.5. The van der Waals surface area contributed by atoms with Crippen LogP contribution in [0.3, 0.4) is 0 Å². The van der Waals surface area contributed by atoms with E-state index in [0.717, 1.165) is 36.2 Å². The molecule has 4 heteroatoms. The van der Waals surface area contributed by atoms with Gasteiger partial charge in [-0.3, -0.25) is 0 Å². The Bertz CT molecular complexity index is 391. The fourth-order valence-electron chi connectivity index (χ4n) is 2.03. The number of hydrogen-bond acceptors (Lipinski definition) is 3. The maximum absolute atomic E-state index is 6.22. The standard InChI is InChI=1S/C15H26ClN3/c1-6-19(12(4)5)15-8-7-13(16)14(18-15)10-17-9-11(2)3/h7-8,11-12,17H,6,9-10H2,1-5H3. The van der Waals surface area contributed by atoms with E-state index in [0.29, 0.717) is 12.0 Å². The minimum atomic E-state index is 0.440. The van der Waals surface area contributed by atoms with E-state index in [-0.39, 0.29) is 0 Å². The molecule has 3 nitrogen and oxygen atoms in total. The summed E-state index contributed by atoms with van der Waals surface area (Å²) in [5, 5.41) is 4.13. The van der Waals surface area contributed by atoms with Crippen molar-refractivity contribution in [2.75, 3.05) is 18.0 Å². The van der Waals surface area contributed by atoms with E-state index in [4.69, 9.17) is 16.6 Å². The zero-order valence-electron chi connectivity index (χ0n) is 12.7. The number of pyridine rings is 1. The van der Waals surface area contributed by atoms with Crippen LogP contribution in [-0.4, -0.2) is 24.1 Å². The maximum atomic E-state index is 6.22. The summed E-state index contributed by atoms with van der Waals surface area (Å²) in [6.07, 6.45) is 0. The Morgan fingerprint density at radius 1 is 1.26 bits per heavy atom. The van der Waals surface area contributed by atoms with Crippen molar-refractivity contribution in [3.63, 3.8) is 0 Å². The highest BCUT2D eigenvalue weighted by Gasteiger charge is 2.12. The van der Waals surface area contributed by atoms with Gasteiger partial charge in [-0.15, -0.1) is 0 Å². The maximum Gasteiger partial charge on any atom is 0.129 e. The molecule has 0 radical (unpaired) electrons. The van der Waals surface area contributed by atoms with Crippen LogP contribution in [0.25, 0.3) is 0 Å². The van der Waals surface area contributed by atoms with Gasteiger partial charge in [0.15, 0.2) is 0 Å². The van der Waals surface area contributed by atoms with Gasteiger partial charge in [0.05, 0.1) is 10.7 Å². The fraction of sp³-hybridized carbons (Fsp3) is 0.667. The zero-order chi connectivity index (χ0) is 14.4. The van der Waals surface area contributed by atoms with Gasteiger partial charge in [-0.2, -0.15) is 0 Å². The van der Waals surface area contributed by atoms with Crippen molar-refractivity contribution >= 4 is 17.4 Å². The molecule has 0 amide bonds. The highest BCUT2D eigenvalue weighted by atomic mass is 35.5. The van der Waals surface area contributed by atoms with Crippen LogP contribution >= 0.6 is 11.6 Å². The predicted molar refractivity (Wildman–Crippen MR) is 83.9 cm³/mol. The van der Waals surface area contributed by atoms with E-state index in [9.17, 15) is 0 Å². The number of nitrogens with zero attached hydrogens (tertiary/aromatic N) is 2. The monoisotopic (exact) mass is 283 g/mol. The Morgan fingerprint density at radius 3 is 2.47 bits per heavy atom. The number of nitrogens with one attached hydrogen (secondary N) is 1. The lowest BCUT2D eigenvalue weighted by Crippen LogP contribution is -2.31. The predicted octanol–water partition coefficient (Wildman–Crippen LogP) is 3.72. The molecule has 1 aromatic rings. The molecule has 0 aliphatic rings. The van der Waals surface area contributed by atoms with Gasteiger partial charge in [-0.25, -0.2) is 4.98 Å². The summed E-state index contributed by atoms with van der Waals surface area (Å²) in [5.41, 5.74) is 0.930. The highest BCUT2D eigenvalue weighted by Crippen LogP contribution is 2.20. The number of halogens is 1. The van der Waals surface area contributed by atoms with Gasteiger partial charge in [0.25, 0.3) is 0 Å². The quantitative estimate of drug-likeness (QED) is 0.827. The molecule has 0 aliphatic heterocycles. The van der Waals surface area contributed by atoms with Crippen LogP contribution < -0.4 is 10.2 Å². The van der Waals surface area contributed by atoms with Gasteiger partial charge in [0, 0.05) is 19.1 Å². The van der Waals surface area contributed by atoms with Crippen LogP contribution in [0, 0.1) is 5.92 Å². The van der Waals surface area contributed by atoms with Crippen LogP contribution in [0.4, 0.5) is 5.82 Å². The van der Waals surface area contributed by atoms with Crippen molar-refractivity contribution in [3.8, 4) is 0 Å². The average molecular weight is 284 g/mol. The van der Waals surface area contributed by atoms with Gasteiger partial charge in [-0.1, -0.05) is 25.4 Å². The third-order valence-electron chi connectivity index (χ3n) is 3.01.